The Morgan fingerprint density at radius 3 is 2.56 bits per heavy atom. The van der Waals surface area contributed by atoms with Crippen molar-refractivity contribution in [2.75, 3.05) is 0 Å². The number of hydrogen-bond acceptors (Lipinski definition) is 1. The second-order valence-corrected chi connectivity index (χ2v) is 4.17. The highest BCUT2D eigenvalue weighted by molar-refractivity contribution is 5.83. The molecule has 0 saturated carbocycles. The summed E-state index contributed by atoms with van der Waals surface area (Å²) in [5.74, 6) is 0. The van der Waals surface area contributed by atoms with Crippen molar-refractivity contribution in [1.82, 2.24) is 4.98 Å². The van der Waals surface area contributed by atoms with Gasteiger partial charge in [-0.05, 0) is 24.1 Å². The second-order valence-electron chi connectivity index (χ2n) is 4.17. The molecule has 1 aromatic heterocycles. The van der Waals surface area contributed by atoms with Crippen LogP contribution in [-0.2, 0) is 12.6 Å². The van der Waals surface area contributed by atoms with Crippen molar-refractivity contribution < 1.29 is 13.2 Å². The number of aromatic nitrogens is 1. The maximum absolute atomic E-state index is 12.9. The minimum atomic E-state index is -4.52. The quantitative estimate of drug-likeness (QED) is 0.875. The molecule has 1 heterocycles. The molecule has 0 saturated heterocycles. The zero-order chi connectivity index (χ0) is 13.3. The molecule has 0 unspecified atom stereocenters. The average Bonchev–Trinajstić information content (AvgIpc) is 2.27. The van der Waals surface area contributed by atoms with E-state index < -0.39 is 17.3 Å². The first-order valence-corrected chi connectivity index (χ1v) is 5.65. The molecule has 2 nitrogen and oxygen atoms in total. The van der Waals surface area contributed by atoms with E-state index in [0.717, 1.165) is 12.0 Å². The lowest BCUT2D eigenvalue weighted by molar-refractivity contribution is -0.136. The minimum absolute atomic E-state index is 0.0491. The van der Waals surface area contributed by atoms with Crippen LogP contribution in [0.1, 0.15) is 24.5 Å². The fourth-order valence-electron chi connectivity index (χ4n) is 1.98. The maximum Gasteiger partial charge on any atom is 0.417 e. The summed E-state index contributed by atoms with van der Waals surface area (Å²) in [7, 11) is 0. The van der Waals surface area contributed by atoms with Gasteiger partial charge in [-0.15, -0.1) is 0 Å². The molecule has 0 spiro atoms. The predicted molar refractivity (Wildman–Crippen MR) is 63.6 cm³/mol. The van der Waals surface area contributed by atoms with Crippen molar-refractivity contribution in [1.29, 1.82) is 0 Å². The monoisotopic (exact) mass is 255 g/mol. The topological polar surface area (TPSA) is 32.9 Å². The molecule has 0 atom stereocenters. The highest BCUT2D eigenvalue weighted by atomic mass is 19.4. The largest absolute Gasteiger partial charge is 0.417 e. The normalized spacial score (nSPS) is 12.0. The number of hydrogen-bond donors (Lipinski definition) is 1. The van der Waals surface area contributed by atoms with Gasteiger partial charge in [-0.3, -0.25) is 4.79 Å². The summed E-state index contributed by atoms with van der Waals surface area (Å²) in [6.07, 6.45) is -2.94. The smallest absolute Gasteiger partial charge is 0.322 e. The van der Waals surface area contributed by atoms with Gasteiger partial charge in [0.05, 0.1) is 5.56 Å². The third kappa shape index (κ3) is 2.39. The number of alkyl halides is 3. The number of halogens is 3. The molecule has 96 valence electrons. The third-order valence-corrected chi connectivity index (χ3v) is 2.75. The number of benzene rings is 1. The van der Waals surface area contributed by atoms with E-state index in [1.54, 1.807) is 6.07 Å². The number of H-pyrrole nitrogens is 1. The number of pyridine rings is 1. The molecule has 18 heavy (non-hydrogen) atoms. The lowest BCUT2D eigenvalue weighted by atomic mass is 10.0. The van der Waals surface area contributed by atoms with E-state index in [9.17, 15) is 18.0 Å². The van der Waals surface area contributed by atoms with Gasteiger partial charge in [0, 0.05) is 17.0 Å². The highest BCUT2D eigenvalue weighted by Gasteiger charge is 2.33. The number of aromatic amines is 1. The van der Waals surface area contributed by atoms with Gasteiger partial charge in [0.15, 0.2) is 0 Å². The Hall–Kier alpha value is -1.78. The number of nitrogens with one attached hydrogen (secondary N) is 1. The summed E-state index contributed by atoms with van der Waals surface area (Å²) >= 11 is 0. The predicted octanol–water partition coefficient (Wildman–Crippen LogP) is 3.50. The van der Waals surface area contributed by atoms with Gasteiger partial charge in [0.2, 0.25) is 5.56 Å². The number of fused-ring (bicyclic) bond motifs is 1. The van der Waals surface area contributed by atoms with E-state index in [4.69, 9.17) is 0 Å². The first-order chi connectivity index (χ1) is 8.41. The highest BCUT2D eigenvalue weighted by Crippen LogP contribution is 2.33. The zero-order valence-electron chi connectivity index (χ0n) is 9.77. The van der Waals surface area contributed by atoms with Gasteiger partial charge >= 0.3 is 6.18 Å². The zero-order valence-corrected chi connectivity index (χ0v) is 9.77. The summed E-state index contributed by atoms with van der Waals surface area (Å²) in [5, 5.41) is 0.0491. The van der Waals surface area contributed by atoms with Crippen LogP contribution in [0.3, 0.4) is 0 Å². The molecule has 2 aromatic rings. The molecule has 0 aliphatic carbocycles. The molecular formula is C13H12F3NO. The van der Waals surface area contributed by atoms with E-state index in [1.807, 2.05) is 6.92 Å². The Bertz CT molecular complexity index is 628. The summed E-state index contributed by atoms with van der Waals surface area (Å²) in [6.45, 7) is 1.96. The Morgan fingerprint density at radius 2 is 1.94 bits per heavy atom. The van der Waals surface area contributed by atoms with Gasteiger partial charge in [-0.2, -0.15) is 13.2 Å². The van der Waals surface area contributed by atoms with Crippen LogP contribution in [0.4, 0.5) is 13.2 Å². The Kier molecular flexibility index (Phi) is 3.15. The first-order valence-electron chi connectivity index (χ1n) is 5.65. The lowest BCUT2D eigenvalue weighted by Crippen LogP contribution is -2.14. The summed E-state index contributed by atoms with van der Waals surface area (Å²) < 4.78 is 38.6. The van der Waals surface area contributed by atoms with E-state index in [2.05, 4.69) is 4.98 Å². The van der Waals surface area contributed by atoms with E-state index in [-0.39, 0.29) is 10.9 Å². The van der Waals surface area contributed by atoms with Gasteiger partial charge in [-0.1, -0.05) is 19.4 Å². The van der Waals surface area contributed by atoms with Crippen LogP contribution in [0.5, 0.6) is 0 Å². The van der Waals surface area contributed by atoms with Crippen LogP contribution < -0.4 is 5.56 Å². The molecular weight excluding hydrogens is 243 g/mol. The van der Waals surface area contributed by atoms with E-state index in [0.29, 0.717) is 12.5 Å². The molecule has 0 bridgehead atoms. The molecule has 2 rings (SSSR count). The Balaban J connectivity index is 2.74. The van der Waals surface area contributed by atoms with Gasteiger partial charge < -0.3 is 4.98 Å². The van der Waals surface area contributed by atoms with Crippen LogP contribution in [0, 0.1) is 0 Å². The van der Waals surface area contributed by atoms with Crippen molar-refractivity contribution >= 4 is 10.9 Å². The molecule has 0 fully saturated rings. The van der Waals surface area contributed by atoms with Crippen molar-refractivity contribution in [3.8, 4) is 0 Å². The van der Waals surface area contributed by atoms with Crippen LogP contribution in [0.15, 0.2) is 29.1 Å². The second kappa shape index (κ2) is 4.48. The fraction of sp³-hybridized carbons (Fsp3) is 0.308. The number of rotatable bonds is 2. The molecule has 1 N–H and O–H groups in total. The average molecular weight is 255 g/mol. The maximum atomic E-state index is 12.9. The van der Waals surface area contributed by atoms with Gasteiger partial charge in [-0.25, -0.2) is 0 Å². The molecule has 0 aliphatic rings. The standard InChI is InChI=1S/C13H12F3NO/c1-2-3-8-4-5-11-9(6-8)10(13(14,15)16)7-12(18)17-11/h4-7H,2-3H2,1H3,(H,17,18). The van der Waals surface area contributed by atoms with E-state index >= 15 is 0 Å². The molecule has 1 aromatic carbocycles. The van der Waals surface area contributed by atoms with Gasteiger partial charge in [0.1, 0.15) is 0 Å². The lowest BCUT2D eigenvalue weighted by Gasteiger charge is -2.11. The molecule has 0 aliphatic heterocycles. The Morgan fingerprint density at radius 1 is 1.22 bits per heavy atom. The molecule has 5 heteroatoms. The summed E-state index contributed by atoms with van der Waals surface area (Å²) in [6, 6.07) is 5.37. The van der Waals surface area contributed by atoms with Crippen LogP contribution >= 0.6 is 0 Å². The Labute approximate surface area is 101 Å². The third-order valence-electron chi connectivity index (χ3n) is 2.75. The van der Waals surface area contributed by atoms with Crippen molar-refractivity contribution in [3.63, 3.8) is 0 Å². The molecule has 0 amide bonds. The summed E-state index contributed by atoms with van der Waals surface area (Å²) in [5.41, 5.74) is -0.561. The first kappa shape index (κ1) is 12.7. The van der Waals surface area contributed by atoms with Crippen molar-refractivity contribution in [3.05, 3.63) is 45.7 Å². The summed E-state index contributed by atoms with van der Waals surface area (Å²) in [4.78, 5) is 13.6. The number of aryl methyl sites for hydroxylation is 1. The van der Waals surface area contributed by atoms with E-state index in [1.165, 1.54) is 12.1 Å². The van der Waals surface area contributed by atoms with Crippen LogP contribution in [-0.4, -0.2) is 4.98 Å². The molecule has 0 radical (unpaired) electrons. The SMILES string of the molecule is CCCc1ccc2[nH]c(=O)cc(C(F)(F)F)c2c1. The fourth-order valence-corrected chi connectivity index (χ4v) is 1.98. The van der Waals surface area contributed by atoms with Crippen LogP contribution in [0.25, 0.3) is 10.9 Å². The van der Waals surface area contributed by atoms with Gasteiger partial charge in [0.25, 0.3) is 0 Å². The minimum Gasteiger partial charge on any atom is -0.322 e. The van der Waals surface area contributed by atoms with Crippen molar-refractivity contribution in [2.45, 2.75) is 25.9 Å². The van der Waals surface area contributed by atoms with Crippen LogP contribution in [0.2, 0.25) is 0 Å². The van der Waals surface area contributed by atoms with Crippen molar-refractivity contribution in [2.24, 2.45) is 0 Å².